The number of nitrogens with zero attached hydrogens (tertiary/aromatic N) is 1. The number of amides is 1. The van der Waals surface area contributed by atoms with Crippen LogP contribution < -0.4 is 5.73 Å². The van der Waals surface area contributed by atoms with Crippen LogP contribution in [0.1, 0.15) is 40.8 Å². The van der Waals surface area contributed by atoms with E-state index in [-0.39, 0.29) is 11.9 Å². The molecular formula is C14H22N2O2. The second-order valence-electron chi connectivity index (χ2n) is 5.53. The summed E-state index contributed by atoms with van der Waals surface area (Å²) >= 11 is 0. The van der Waals surface area contributed by atoms with Gasteiger partial charge in [0.15, 0.2) is 0 Å². The summed E-state index contributed by atoms with van der Waals surface area (Å²) in [5.41, 5.74) is 7.66. The van der Waals surface area contributed by atoms with Gasteiger partial charge >= 0.3 is 0 Å². The van der Waals surface area contributed by atoms with E-state index in [9.17, 15) is 4.79 Å². The highest BCUT2D eigenvalue weighted by Crippen LogP contribution is 2.24. The molecule has 2 rings (SSSR count). The Morgan fingerprint density at radius 3 is 2.44 bits per heavy atom. The maximum Gasteiger partial charge on any atom is 0.257 e. The fraction of sp³-hybridized carbons (Fsp3) is 0.643. The van der Waals surface area contributed by atoms with Gasteiger partial charge in [-0.25, -0.2) is 0 Å². The van der Waals surface area contributed by atoms with Crippen LogP contribution in [0.2, 0.25) is 0 Å². The summed E-state index contributed by atoms with van der Waals surface area (Å²) in [4.78, 5) is 14.4. The number of rotatable bonds is 1. The standard InChI is InChI=1S/C14H22N2O2/c1-8-5-12(15)7-16(6-8)14(17)13-9(2)10(3)18-11(13)4/h8,12H,5-7,15H2,1-4H3. The molecule has 1 saturated heterocycles. The highest BCUT2D eigenvalue weighted by Gasteiger charge is 2.29. The molecule has 4 heteroatoms. The van der Waals surface area contributed by atoms with Crippen molar-refractivity contribution in [2.75, 3.05) is 13.1 Å². The summed E-state index contributed by atoms with van der Waals surface area (Å²) < 4.78 is 5.53. The number of furan rings is 1. The predicted octanol–water partition coefficient (Wildman–Crippen LogP) is 2.01. The first kappa shape index (κ1) is 13.1. The second-order valence-corrected chi connectivity index (χ2v) is 5.53. The molecule has 100 valence electrons. The lowest BCUT2D eigenvalue weighted by atomic mass is 9.95. The van der Waals surface area contributed by atoms with Crippen molar-refractivity contribution in [3.63, 3.8) is 0 Å². The molecule has 18 heavy (non-hydrogen) atoms. The highest BCUT2D eigenvalue weighted by atomic mass is 16.3. The molecule has 0 spiro atoms. The van der Waals surface area contributed by atoms with Crippen molar-refractivity contribution < 1.29 is 9.21 Å². The fourth-order valence-electron chi connectivity index (χ4n) is 2.83. The molecule has 2 heterocycles. The first-order valence-electron chi connectivity index (χ1n) is 6.51. The second kappa shape index (κ2) is 4.76. The molecule has 1 fully saturated rings. The molecule has 0 bridgehead atoms. The molecule has 1 aliphatic heterocycles. The topological polar surface area (TPSA) is 59.5 Å². The van der Waals surface area contributed by atoms with E-state index in [4.69, 9.17) is 10.2 Å². The van der Waals surface area contributed by atoms with Gasteiger partial charge in [-0.2, -0.15) is 0 Å². The highest BCUT2D eigenvalue weighted by molar-refractivity contribution is 5.97. The Bertz CT molecular complexity index is 455. The average molecular weight is 250 g/mol. The third kappa shape index (κ3) is 2.29. The Kier molecular flexibility index (Phi) is 3.48. The zero-order valence-corrected chi connectivity index (χ0v) is 11.6. The Morgan fingerprint density at radius 1 is 1.28 bits per heavy atom. The molecule has 0 saturated carbocycles. The molecular weight excluding hydrogens is 228 g/mol. The van der Waals surface area contributed by atoms with Gasteiger partial charge in [0, 0.05) is 24.7 Å². The van der Waals surface area contributed by atoms with E-state index in [1.165, 1.54) is 0 Å². The molecule has 0 radical (unpaired) electrons. The number of carbonyl (C=O) groups excluding carboxylic acids is 1. The van der Waals surface area contributed by atoms with Crippen molar-refractivity contribution in [3.8, 4) is 0 Å². The van der Waals surface area contributed by atoms with Crippen LogP contribution in [-0.4, -0.2) is 29.9 Å². The van der Waals surface area contributed by atoms with E-state index in [2.05, 4.69) is 6.92 Å². The van der Waals surface area contributed by atoms with Crippen LogP contribution in [-0.2, 0) is 0 Å². The smallest absolute Gasteiger partial charge is 0.257 e. The quantitative estimate of drug-likeness (QED) is 0.829. The summed E-state index contributed by atoms with van der Waals surface area (Å²) in [5.74, 6) is 2.06. The largest absolute Gasteiger partial charge is 0.466 e. The fourth-order valence-corrected chi connectivity index (χ4v) is 2.83. The third-order valence-corrected chi connectivity index (χ3v) is 3.75. The van der Waals surface area contributed by atoms with E-state index >= 15 is 0 Å². The molecule has 2 unspecified atom stereocenters. The van der Waals surface area contributed by atoms with E-state index in [1.807, 2.05) is 25.7 Å². The van der Waals surface area contributed by atoms with Crippen LogP contribution in [0.3, 0.4) is 0 Å². The van der Waals surface area contributed by atoms with Gasteiger partial charge in [-0.1, -0.05) is 6.92 Å². The van der Waals surface area contributed by atoms with E-state index in [0.717, 1.165) is 24.3 Å². The molecule has 2 N–H and O–H groups in total. The van der Waals surface area contributed by atoms with Gasteiger partial charge in [0.05, 0.1) is 5.56 Å². The van der Waals surface area contributed by atoms with Gasteiger partial charge in [-0.15, -0.1) is 0 Å². The van der Waals surface area contributed by atoms with Crippen molar-refractivity contribution in [1.82, 2.24) is 4.90 Å². The zero-order chi connectivity index (χ0) is 13.4. The van der Waals surface area contributed by atoms with E-state index < -0.39 is 0 Å². The van der Waals surface area contributed by atoms with Crippen molar-refractivity contribution in [2.45, 2.75) is 40.2 Å². The molecule has 2 atom stereocenters. The predicted molar refractivity (Wildman–Crippen MR) is 70.6 cm³/mol. The van der Waals surface area contributed by atoms with Gasteiger partial charge in [0.2, 0.25) is 0 Å². The average Bonchev–Trinajstić information content (AvgIpc) is 2.51. The number of piperidine rings is 1. The van der Waals surface area contributed by atoms with Crippen LogP contribution in [0.5, 0.6) is 0 Å². The van der Waals surface area contributed by atoms with E-state index in [0.29, 0.717) is 23.8 Å². The normalized spacial score (nSPS) is 24.4. The summed E-state index contributed by atoms with van der Waals surface area (Å²) in [6.45, 7) is 9.25. The summed E-state index contributed by atoms with van der Waals surface area (Å²) in [7, 11) is 0. The molecule has 1 aromatic rings. The minimum atomic E-state index is 0.0591. The van der Waals surface area contributed by atoms with Gasteiger partial charge < -0.3 is 15.1 Å². The van der Waals surface area contributed by atoms with Crippen LogP contribution >= 0.6 is 0 Å². The van der Waals surface area contributed by atoms with Crippen molar-refractivity contribution >= 4 is 5.91 Å². The van der Waals surface area contributed by atoms with Crippen molar-refractivity contribution in [2.24, 2.45) is 11.7 Å². The monoisotopic (exact) mass is 250 g/mol. The minimum absolute atomic E-state index is 0.0591. The molecule has 1 amide bonds. The van der Waals surface area contributed by atoms with Crippen LogP contribution in [0, 0.1) is 26.7 Å². The number of aryl methyl sites for hydroxylation is 2. The number of nitrogens with two attached hydrogens (primary N) is 1. The molecule has 0 aliphatic carbocycles. The molecule has 1 aliphatic rings. The lowest BCUT2D eigenvalue weighted by molar-refractivity contribution is 0.0658. The minimum Gasteiger partial charge on any atom is -0.466 e. The SMILES string of the molecule is Cc1oc(C)c(C(=O)N2CC(C)CC(N)C2)c1C. The number of likely N-dealkylation sites (tertiary alicyclic amines) is 1. The van der Waals surface area contributed by atoms with Gasteiger partial charge in [-0.3, -0.25) is 4.79 Å². The number of hydrogen-bond acceptors (Lipinski definition) is 3. The van der Waals surface area contributed by atoms with Crippen LogP contribution in [0.25, 0.3) is 0 Å². The molecule has 4 nitrogen and oxygen atoms in total. The molecule has 1 aromatic heterocycles. The summed E-state index contributed by atoms with van der Waals surface area (Å²) in [5, 5.41) is 0. The maximum absolute atomic E-state index is 12.6. The Hall–Kier alpha value is -1.29. The lowest BCUT2D eigenvalue weighted by Crippen LogP contribution is -2.49. The Labute approximate surface area is 108 Å². The first-order valence-corrected chi connectivity index (χ1v) is 6.51. The summed E-state index contributed by atoms with van der Waals surface area (Å²) in [6.07, 6.45) is 0.992. The van der Waals surface area contributed by atoms with Crippen LogP contribution in [0.4, 0.5) is 0 Å². The third-order valence-electron chi connectivity index (χ3n) is 3.75. The van der Waals surface area contributed by atoms with Gasteiger partial charge in [-0.05, 0) is 33.1 Å². The van der Waals surface area contributed by atoms with Crippen LogP contribution in [0.15, 0.2) is 4.42 Å². The maximum atomic E-state index is 12.6. The van der Waals surface area contributed by atoms with Gasteiger partial charge in [0.1, 0.15) is 11.5 Å². The molecule has 0 aromatic carbocycles. The van der Waals surface area contributed by atoms with Crippen molar-refractivity contribution in [3.05, 3.63) is 22.6 Å². The Balaban J connectivity index is 2.25. The Morgan fingerprint density at radius 2 is 1.94 bits per heavy atom. The van der Waals surface area contributed by atoms with E-state index in [1.54, 1.807) is 0 Å². The first-order chi connectivity index (χ1) is 8.40. The number of hydrogen-bond donors (Lipinski definition) is 1. The van der Waals surface area contributed by atoms with Gasteiger partial charge in [0.25, 0.3) is 5.91 Å². The zero-order valence-electron chi connectivity index (χ0n) is 11.6. The van der Waals surface area contributed by atoms with Crippen molar-refractivity contribution in [1.29, 1.82) is 0 Å². The summed E-state index contributed by atoms with van der Waals surface area (Å²) in [6, 6.07) is 0.0892. The lowest BCUT2D eigenvalue weighted by Gasteiger charge is -2.34. The number of carbonyl (C=O) groups is 1.